The number of nitrogens with zero attached hydrogens (tertiary/aromatic N) is 5. The minimum Gasteiger partial charge on any atom is -0.456 e. The number of furan rings is 1. The highest BCUT2D eigenvalue weighted by Crippen LogP contribution is 2.47. The van der Waals surface area contributed by atoms with Gasteiger partial charge in [-0.1, -0.05) is 18.2 Å². The van der Waals surface area contributed by atoms with Gasteiger partial charge in [-0.2, -0.15) is 0 Å². The smallest absolute Gasteiger partial charge is 0.256 e. The molecule has 262 valence electrons. The van der Waals surface area contributed by atoms with Crippen LogP contribution in [-0.2, 0) is 0 Å². The summed E-state index contributed by atoms with van der Waals surface area (Å²) < 4.78 is 30.6. The molecule has 0 bridgehead atoms. The number of benzene rings is 3. The van der Waals surface area contributed by atoms with E-state index in [1.165, 1.54) is 6.07 Å². The number of hydrogen-bond acceptors (Lipinski definition) is 9. The summed E-state index contributed by atoms with van der Waals surface area (Å²) >= 11 is 0. The van der Waals surface area contributed by atoms with E-state index in [0.717, 1.165) is 94.6 Å². The van der Waals surface area contributed by atoms with Crippen molar-refractivity contribution in [3.05, 3.63) is 70.3 Å². The van der Waals surface area contributed by atoms with Crippen molar-refractivity contribution < 1.29 is 18.3 Å². The maximum Gasteiger partial charge on any atom is 0.256 e. The molecule has 8 rings (SSSR count). The Morgan fingerprint density at radius 1 is 0.820 bits per heavy atom. The molecule has 0 saturated carbocycles. The summed E-state index contributed by atoms with van der Waals surface area (Å²) in [5.41, 5.74) is 2.01. The van der Waals surface area contributed by atoms with E-state index in [1.54, 1.807) is 10.8 Å². The van der Waals surface area contributed by atoms with E-state index < -0.39 is 17.2 Å². The van der Waals surface area contributed by atoms with E-state index in [-0.39, 0.29) is 22.4 Å². The highest BCUT2D eigenvalue weighted by atomic mass is 19.1. The Balaban J connectivity index is 1.12. The largest absolute Gasteiger partial charge is 0.456 e. The number of piperazine rings is 2. The average molecular weight is 682 g/mol. The maximum atomic E-state index is 16.1. The van der Waals surface area contributed by atoms with Crippen LogP contribution in [-0.4, -0.2) is 123 Å². The molecule has 5 heterocycles. The first-order valence-electron chi connectivity index (χ1n) is 17.7. The molecule has 2 aromatic heterocycles. The normalized spacial score (nSPS) is 17.3. The molecule has 50 heavy (non-hydrogen) atoms. The van der Waals surface area contributed by atoms with Gasteiger partial charge in [-0.3, -0.25) is 9.59 Å². The summed E-state index contributed by atoms with van der Waals surface area (Å²) in [4.78, 5) is 37.0. The third kappa shape index (κ3) is 6.21. The first kappa shape index (κ1) is 32.7. The Bertz CT molecular complexity index is 2130. The van der Waals surface area contributed by atoms with Gasteiger partial charge < -0.3 is 44.0 Å². The molecular formula is C38H44FN7O4. The van der Waals surface area contributed by atoms with Crippen molar-refractivity contribution in [2.24, 2.45) is 0 Å². The third-order valence-corrected chi connectivity index (χ3v) is 10.5. The lowest BCUT2D eigenvalue weighted by Gasteiger charge is -2.32. The van der Waals surface area contributed by atoms with Crippen molar-refractivity contribution >= 4 is 44.4 Å². The molecule has 11 nitrogen and oxygen atoms in total. The maximum absolute atomic E-state index is 16.1. The number of carbonyl (C=O) groups excluding carboxylic acids is 1. The highest BCUT2D eigenvalue weighted by Gasteiger charge is 2.30. The molecule has 0 atom stereocenters. The Morgan fingerprint density at radius 2 is 1.50 bits per heavy atom. The van der Waals surface area contributed by atoms with Crippen LogP contribution in [0.25, 0.3) is 38.5 Å². The van der Waals surface area contributed by atoms with Crippen molar-refractivity contribution in [3.63, 3.8) is 0 Å². The number of anilines is 1. The first-order chi connectivity index (χ1) is 24.3. The molecule has 0 spiro atoms. The Hall–Kier alpha value is -4.49. The topological polar surface area (TPSA) is 98.5 Å². The molecule has 1 amide bonds. The predicted octanol–water partition coefficient (Wildman–Crippen LogP) is 4.55. The zero-order valence-electron chi connectivity index (χ0n) is 28.8. The molecule has 3 aliphatic heterocycles. The number of para-hydroxylation sites is 1. The van der Waals surface area contributed by atoms with Gasteiger partial charge in [0.1, 0.15) is 27.9 Å². The molecule has 0 aliphatic carbocycles. The lowest BCUT2D eigenvalue weighted by atomic mass is 10.0. The Labute approximate surface area is 290 Å². The summed E-state index contributed by atoms with van der Waals surface area (Å²) in [7, 11) is 4.26. The summed E-state index contributed by atoms with van der Waals surface area (Å²) in [5.74, 6) is -0.370. The molecular weight excluding hydrogens is 637 g/mol. The van der Waals surface area contributed by atoms with Crippen LogP contribution in [0.15, 0.2) is 57.9 Å². The van der Waals surface area contributed by atoms with Crippen molar-refractivity contribution in [1.82, 2.24) is 29.5 Å². The molecule has 12 heteroatoms. The number of rotatable bonds is 10. The zero-order valence-corrected chi connectivity index (χ0v) is 28.8. The molecule has 2 N–H and O–H groups in total. The van der Waals surface area contributed by atoms with Gasteiger partial charge in [0.05, 0.1) is 11.1 Å². The van der Waals surface area contributed by atoms with Crippen LogP contribution in [0.3, 0.4) is 0 Å². The summed E-state index contributed by atoms with van der Waals surface area (Å²) in [6.07, 6.45) is 3.15. The average Bonchev–Trinajstić information content (AvgIpc) is 3.48. The summed E-state index contributed by atoms with van der Waals surface area (Å²) in [5, 5.41) is 8.11. The zero-order chi connectivity index (χ0) is 34.4. The standard InChI is InChI=1S/C38H44FN7O4/c1-42-13-17-44(18-14-42)11-5-9-40-34-29(39)21-27-35-37(34)50-33-22-26-25-7-3-4-8-31(25)49-32(26)23-30(33)46(35)24-28(36(27)47)38(48)41-10-6-12-45-19-15-43(2)16-20-45/h3-4,7-8,21-24,40H,5-6,9-20H2,1-2H3,(H,41,48). The minimum atomic E-state index is -0.598. The van der Waals surface area contributed by atoms with Crippen LogP contribution in [0.2, 0.25) is 0 Å². The number of nitrogens with one attached hydrogen (secondary N) is 2. The van der Waals surface area contributed by atoms with Gasteiger partial charge in [0.25, 0.3) is 5.91 Å². The lowest BCUT2D eigenvalue weighted by Crippen LogP contribution is -2.45. The van der Waals surface area contributed by atoms with E-state index in [2.05, 4.69) is 44.3 Å². The number of amides is 1. The number of halogens is 1. The van der Waals surface area contributed by atoms with Crippen molar-refractivity contribution in [2.75, 3.05) is 97.9 Å². The predicted molar refractivity (Wildman–Crippen MR) is 195 cm³/mol. The molecule has 5 aromatic rings. The number of aromatic nitrogens is 1. The molecule has 2 saturated heterocycles. The Morgan fingerprint density at radius 3 is 2.22 bits per heavy atom. The molecule has 0 unspecified atom stereocenters. The van der Waals surface area contributed by atoms with Crippen LogP contribution < -0.4 is 20.8 Å². The number of pyridine rings is 1. The molecule has 3 aromatic carbocycles. The van der Waals surface area contributed by atoms with Gasteiger partial charge in [-0.25, -0.2) is 4.39 Å². The number of carbonyl (C=O) groups is 1. The SMILES string of the molecule is CN1CCN(CCCNC(=O)c2cn3c4c(c(NCCCN5CCN(C)CC5)c(F)cc4c2=O)Oc2cc4c(cc2-3)oc2ccccc24)CC1. The third-order valence-electron chi connectivity index (χ3n) is 10.5. The molecule has 0 radical (unpaired) electrons. The van der Waals surface area contributed by atoms with Crippen LogP contribution in [0.1, 0.15) is 23.2 Å². The number of fused-ring (bicyclic) bond motifs is 5. The fraction of sp³-hybridized carbons (Fsp3) is 0.421. The van der Waals surface area contributed by atoms with Crippen LogP contribution >= 0.6 is 0 Å². The fourth-order valence-corrected chi connectivity index (χ4v) is 7.42. The monoisotopic (exact) mass is 681 g/mol. The fourth-order valence-electron chi connectivity index (χ4n) is 7.42. The van der Waals surface area contributed by atoms with E-state index in [0.29, 0.717) is 35.6 Å². The van der Waals surface area contributed by atoms with Crippen molar-refractivity contribution in [3.8, 4) is 17.2 Å². The van der Waals surface area contributed by atoms with E-state index in [1.807, 2.05) is 36.4 Å². The number of likely N-dealkylation sites (N-methyl/N-ethyl adjacent to an activating group) is 2. The second kappa shape index (κ2) is 13.7. The lowest BCUT2D eigenvalue weighted by molar-refractivity contribution is 0.0948. The number of hydrogen-bond donors (Lipinski definition) is 2. The minimum absolute atomic E-state index is 0.0483. The van der Waals surface area contributed by atoms with Gasteiger partial charge in [0.2, 0.25) is 5.43 Å². The first-order valence-corrected chi connectivity index (χ1v) is 17.7. The summed E-state index contributed by atoms with van der Waals surface area (Å²) in [6, 6.07) is 12.8. The van der Waals surface area contributed by atoms with Gasteiger partial charge in [-0.05, 0) is 58.2 Å². The highest BCUT2D eigenvalue weighted by molar-refractivity contribution is 6.07. The Kier molecular flexibility index (Phi) is 8.94. The quantitative estimate of drug-likeness (QED) is 0.202. The van der Waals surface area contributed by atoms with Gasteiger partial charge in [0, 0.05) is 88.5 Å². The van der Waals surface area contributed by atoms with Crippen LogP contribution in [0.4, 0.5) is 10.1 Å². The molecule has 3 aliphatic rings. The van der Waals surface area contributed by atoms with Crippen LogP contribution in [0.5, 0.6) is 11.5 Å². The van der Waals surface area contributed by atoms with Gasteiger partial charge in [-0.15, -0.1) is 0 Å². The van der Waals surface area contributed by atoms with E-state index >= 15 is 4.39 Å². The second-order valence-electron chi connectivity index (χ2n) is 13.9. The van der Waals surface area contributed by atoms with Crippen molar-refractivity contribution in [2.45, 2.75) is 12.8 Å². The number of ether oxygens (including phenoxy) is 1. The van der Waals surface area contributed by atoms with Gasteiger partial charge >= 0.3 is 0 Å². The van der Waals surface area contributed by atoms with Gasteiger partial charge in [0.15, 0.2) is 17.3 Å². The summed E-state index contributed by atoms with van der Waals surface area (Å²) in [6.45, 7) is 10.9. The van der Waals surface area contributed by atoms with Crippen LogP contribution in [0, 0.1) is 5.82 Å². The van der Waals surface area contributed by atoms with E-state index in [9.17, 15) is 9.59 Å². The van der Waals surface area contributed by atoms with E-state index in [4.69, 9.17) is 9.15 Å². The van der Waals surface area contributed by atoms with Crippen molar-refractivity contribution in [1.29, 1.82) is 0 Å². The second-order valence-corrected chi connectivity index (χ2v) is 13.9. The molecule has 2 fully saturated rings.